The maximum Gasteiger partial charge on any atom is 0.248 e. The first-order valence-electron chi connectivity index (χ1n) is 8.86. The van der Waals surface area contributed by atoms with Crippen LogP contribution in [0.5, 0.6) is 5.75 Å². The van der Waals surface area contributed by atoms with Crippen molar-refractivity contribution in [2.75, 3.05) is 25.5 Å². The third-order valence-corrected chi connectivity index (χ3v) is 5.81. The Hall–Kier alpha value is -3.16. The van der Waals surface area contributed by atoms with Crippen molar-refractivity contribution in [2.45, 2.75) is 4.90 Å². The molecule has 1 amide bonds. The fourth-order valence-electron chi connectivity index (χ4n) is 2.49. The molecule has 0 bridgehead atoms. The Bertz CT molecular complexity index is 968. The molecule has 6 nitrogen and oxygen atoms in total. The van der Waals surface area contributed by atoms with Crippen LogP contribution in [0.15, 0.2) is 84.8 Å². The maximum atomic E-state index is 12.7. The van der Waals surface area contributed by atoms with Crippen LogP contribution in [0, 0.1) is 0 Å². The van der Waals surface area contributed by atoms with Gasteiger partial charge in [0.25, 0.3) is 0 Å². The molecular weight excluding hydrogens is 388 g/mol. The summed E-state index contributed by atoms with van der Waals surface area (Å²) in [6, 6.07) is 13.3. The number of nitrogens with zero attached hydrogens (tertiary/aromatic N) is 1. The molecule has 0 atom stereocenters. The fraction of sp³-hybridized carbons (Fsp3) is 0.136. The van der Waals surface area contributed by atoms with Crippen LogP contribution in [0.4, 0.5) is 5.69 Å². The smallest absolute Gasteiger partial charge is 0.248 e. The van der Waals surface area contributed by atoms with Gasteiger partial charge in [-0.25, -0.2) is 8.42 Å². The van der Waals surface area contributed by atoms with E-state index in [4.69, 9.17) is 4.74 Å². The first-order chi connectivity index (χ1) is 13.9. The van der Waals surface area contributed by atoms with Gasteiger partial charge in [-0.15, -0.1) is 13.2 Å². The van der Waals surface area contributed by atoms with Gasteiger partial charge in [0.15, 0.2) is 0 Å². The molecule has 0 spiro atoms. The fourth-order valence-corrected chi connectivity index (χ4v) is 3.87. The molecule has 1 N–H and O–H groups in total. The second-order valence-electron chi connectivity index (χ2n) is 6.02. The first kappa shape index (κ1) is 22.1. The highest BCUT2D eigenvalue weighted by molar-refractivity contribution is 7.89. The van der Waals surface area contributed by atoms with E-state index in [1.165, 1.54) is 34.7 Å². The number of rotatable bonds is 10. The summed E-state index contributed by atoms with van der Waals surface area (Å²) in [4.78, 5) is 12.2. The predicted molar refractivity (Wildman–Crippen MR) is 116 cm³/mol. The van der Waals surface area contributed by atoms with Crippen molar-refractivity contribution < 1.29 is 17.9 Å². The predicted octanol–water partition coefficient (Wildman–Crippen LogP) is 3.71. The van der Waals surface area contributed by atoms with Crippen molar-refractivity contribution in [3.8, 4) is 5.75 Å². The number of anilines is 1. The molecule has 29 heavy (non-hydrogen) atoms. The van der Waals surface area contributed by atoms with Crippen LogP contribution < -0.4 is 10.1 Å². The Morgan fingerprint density at radius 3 is 2.14 bits per heavy atom. The summed E-state index contributed by atoms with van der Waals surface area (Å²) in [5, 5.41) is 2.70. The molecular formula is C22H24N2O4S. The lowest BCUT2D eigenvalue weighted by Gasteiger charge is -2.19. The normalized spacial score (nSPS) is 11.4. The number of hydrogen-bond acceptors (Lipinski definition) is 4. The third-order valence-electron chi connectivity index (χ3n) is 3.97. The van der Waals surface area contributed by atoms with Crippen LogP contribution in [-0.4, -0.2) is 38.8 Å². The second kappa shape index (κ2) is 10.4. The highest BCUT2D eigenvalue weighted by atomic mass is 32.2. The van der Waals surface area contributed by atoms with Gasteiger partial charge in [0.1, 0.15) is 5.75 Å². The van der Waals surface area contributed by atoms with Crippen LogP contribution in [0.2, 0.25) is 0 Å². The molecule has 2 aromatic carbocycles. The minimum atomic E-state index is -3.67. The number of ether oxygens (including phenoxy) is 1. The van der Waals surface area contributed by atoms with E-state index in [9.17, 15) is 13.2 Å². The first-order valence-corrected chi connectivity index (χ1v) is 10.3. The minimum Gasteiger partial charge on any atom is -0.497 e. The summed E-state index contributed by atoms with van der Waals surface area (Å²) in [6.07, 6.45) is 6.12. The molecule has 0 aliphatic rings. The molecule has 0 aromatic heterocycles. The van der Waals surface area contributed by atoms with Crippen LogP contribution >= 0.6 is 0 Å². The number of sulfonamides is 1. The number of hydrogen-bond donors (Lipinski definition) is 1. The molecule has 0 radical (unpaired) electrons. The molecule has 0 saturated heterocycles. The standard InChI is InChI=1S/C22H24N2O4S/c1-4-16-24(17-5-2)29(26,27)21-13-9-19(10-14-21)23-22(25)15-8-18-6-11-20(28-3)12-7-18/h4-15H,1-2,16-17H2,3H3,(H,23,25)/b15-8+. The van der Waals surface area contributed by atoms with E-state index >= 15 is 0 Å². The number of benzene rings is 2. The van der Waals surface area contributed by atoms with E-state index in [0.29, 0.717) is 5.69 Å². The Morgan fingerprint density at radius 1 is 1.03 bits per heavy atom. The van der Waals surface area contributed by atoms with Crippen molar-refractivity contribution in [1.82, 2.24) is 4.31 Å². The molecule has 0 saturated carbocycles. The lowest BCUT2D eigenvalue weighted by atomic mass is 10.2. The molecule has 0 heterocycles. The molecule has 0 aliphatic heterocycles. The van der Waals surface area contributed by atoms with Gasteiger partial charge in [0, 0.05) is 24.9 Å². The average Bonchev–Trinajstić information content (AvgIpc) is 2.73. The lowest BCUT2D eigenvalue weighted by Crippen LogP contribution is -2.31. The summed E-state index contributed by atoms with van der Waals surface area (Å²) in [5.41, 5.74) is 1.35. The number of methoxy groups -OCH3 is 1. The van der Waals surface area contributed by atoms with Gasteiger partial charge in [-0.2, -0.15) is 4.31 Å². The Balaban J connectivity index is 2.05. The monoisotopic (exact) mass is 412 g/mol. The lowest BCUT2D eigenvalue weighted by molar-refractivity contribution is -0.111. The van der Waals surface area contributed by atoms with Gasteiger partial charge < -0.3 is 10.1 Å². The summed E-state index contributed by atoms with van der Waals surface area (Å²) in [7, 11) is -2.08. The molecule has 152 valence electrons. The topological polar surface area (TPSA) is 75.7 Å². The Kier molecular flexibility index (Phi) is 7.94. The average molecular weight is 413 g/mol. The summed E-state index contributed by atoms with van der Waals surface area (Å²) in [5.74, 6) is 0.415. The number of amides is 1. The van der Waals surface area contributed by atoms with E-state index in [1.807, 2.05) is 12.1 Å². The number of carbonyl (C=O) groups excluding carboxylic acids is 1. The zero-order valence-corrected chi connectivity index (χ0v) is 17.1. The van der Waals surface area contributed by atoms with Crippen molar-refractivity contribution in [2.24, 2.45) is 0 Å². The molecule has 0 unspecified atom stereocenters. The van der Waals surface area contributed by atoms with Crippen LogP contribution in [0.3, 0.4) is 0 Å². The summed E-state index contributed by atoms with van der Waals surface area (Å²) in [6.45, 7) is 7.54. The van der Waals surface area contributed by atoms with Gasteiger partial charge in [-0.05, 0) is 48.0 Å². The molecule has 0 fully saturated rings. The molecule has 7 heteroatoms. The highest BCUT2D eigenvalue weighted by Crippen LogP contribution is 2.19. The van der Waals surface area contributed by atoms with Gasteiger partial charge in [0.2, 0.25) is 15.9 Å². The Morgan fingerprint density at radius 2 is 1.62 bits per heavy atom. The zero-order chi connectivity index (χ0) is 21.3. The summed E-state index contributed by atoms with van der Waals surface area (Å²) < 4.78 is 31.7. The van der Waals surface area contributed by atoms with Crippen LogP contribution in [-0.2, 0) is 14.8 Å². The van der Waals surface area contributed by atoms with Crippen molar-refractivity contribution in [1.29, 1.82) is 0 Å². The van der Waals surface area contributed by atoms with Crippen LogP contribution in [0.25, 0.3) is 6.08 Å². The molecule has 2 aromatic rings. The van der Waals surface area contributed by atoms with Gasteiger partial charge in [0.05, 0.1) is 12.0 Å². The van der Waals surface area contributed by atoms with Gasteiger partial charge in [-0.3, -0.25) is 4.79 Å². The molecule has 2 rings (SSSR count). The van der Waals surface area contributed by atoms with Crippen molar-refractivity contribution in [3.05, 3.63) is 85.5 Å². The highest BCUT2D eigenvalue weighted by Gasteiger charge is 2.22. The quantitative estimate of drug-likeness (QED) is 0.477. The number of nitrogens with one attached hydrogen (secondary N) is 1. The zero-order valence-electron chi connectivity index (χ0n) is 16.2. The Labute approximate surface area is 171 Å². The maximum absolute atomic E-state index is 12.7. The second-order valence-corrected chi connectivity index (χ2v) is 7.96. The van der Waals surface area contributed by atoms with Crippen molar-refractivity contribution in [3.63, 3.8) is 0 Å². The van der Waals surface area contributed by atoms with Gasteiger partial charge >= 0.3 is 0 Å². The van der Waals surface area contributed by atoms with E-state index in [2.05, 4.69) is 18.5 Å². The van der Waals surface area contributed by atoms with E-state index in [0.717, 1.165) is 11.3 Å². The SMILES string of the molecule is C=CCN(CC=C)S(=O)(=O)c1ccc(NC(=O)/C=C/c2ccc(OC)cc2)cc1. The summed E-state index contributed by atoms with van der Waals surface area (Å²) >= 11 is 0. The van der Waals surface area contributed by atoms with Gasteiger partial charge in [-0.1, -0.05) is 24.3 Å². The largest absolute Gasteiger partial charge is 0.497 e. The third kappa shape index (κ3) is 6.17. The van der Waals surface area contributed by atoms with E-state index in [1.54, 1.807) is 37.5 Å². The van der Waals surface area contributed by atoms with Crippen molar-refractivity contribution >= 4 is 27.7 Å². The number of carbonyl (C=O) groups is 1. The van der Waals surface area contributed by atoms with E-state index < -0.39 is 10.0 Å². The minimum absolute atomic E-state index is 0.132. The van der Waals surface area contributed by atoms with E-state index in [-0.39, 0.29) is 23.9 Å². The molecule has 0 aliphatic carbocycles. The van der Waals surface area contributed by atoms with Crippen LogP contribution in [0.1, 0.15) is 5.56 Å².